The maximum absolute atomic E-state index is 13.1. The van der Waals surface area contributed by atoms with Crippen LogP contribution in [0.5, 0.6) is 0 Å². The van der Waals surface area contributed by atoms with Crippen LogP contribution in [0.3, 0.4) is 0 Å². The number of amides is 1. The second-order valence-corrected chi connectivity index (χ2v) is 9.14. The highest BCUT2D eigenvalue weighted by Crippen LogP contribution is 2.62. The average molecular weight is 334 g/mol. The van der Waals surface area contributed by atoms with Crippen LogP contribution < -0.4 is 5.32 Å². The maximum Gasteiger partial charge on any atom is 0.303 e. The predicted molar refractivity (Wildman–Crippen MR) is 90.2 cm³/mol. The maximum atomic E-state index is 13.1. The van der Waals surface area contributed by atoms with E-state index >= 15 is 0 Å². The van der Waals surface area contributed by atoms with E-state index in [0.29, 0.717) is 17.8 Å². The number of rotatable bonds is 4. The van der Waals surface area contributed by atoms with Crippen LogP contribution in [0.1, 0.15) is 51.9 Å². The Morgan fingerprint density at radius 3 is 2.50 bits per heavy atom. The topological polar surface area (TPSA) is 58.6 Å². The molecule has 4 aliphatic carbocycles. The summed E-state index contributed by atoms with van der Waals surface area (Å²) in [5.74, 6) is 1.71. The van der Waals surface area contributed by atoms with Gasteiger partial charge in [-0.05, 0) is 69.9 Å². The van der Waals surface area contributed by atoms with Crippen LogP contribution in [0.15, 0.2) is 0 Å². The molecule has 4 bridgehead atoms. The van der Waals surface area contributed by atoms with E-state index in [1.54, 1.807) is 0 Å². The highest BCUT2D eigenvalue weighted by atomic mass is 16.6. The fraction of sp³-hybridized carbons (Fsp3) is 0.895. The summed E-state index contributed by atoms with van der Waals surface area (Å²) in [7, 11) is 2.14. The van der Waals surface area contributed by atoms with Crippen molar-refractivity contribution < 1.29 is 14.3 Å². The summed E-state index contributed by atoms with van der Waals surface area (Å²) >= 11 is 0. The van der Waals surface area contributed by atoms with Crippen LogP contribution in [-0.2, 0) is 14.3 Å². The molecular weight excluding hydrogens is 304 g/mol. The molecule has 5 rings (SSSR count). The van der Waals surface area contributed by atoms with Gasteiger partial charge in [-0.15, -0.1) is 0 Å². The Kier molecular flexibility index (Phi) is 3.90. The molecule has 24 heavy (non-hydrogen) atoms. The molecule has 5 fully saturated rings. The molecule has 1 heterocycles. The first kappa shape index (κ1) is 16.4. The van der Waals surface area contributed by atoms with E-state index in [0.717, 1.165) is 51.7 Å². The summed E-state index contributed by atoms with van der Waals surface area (Å²) in [6, 6.07) is 0. The minimum absolute atomic E-state index is 0.193. The number of ether oxygens (including phenoxy) is 1. The second-order valence-electron chi connectivity index (χ2n) is 9.14. The molecule has 4 saturated carbocycles. The monoisotopic (exact) mass is 334 g/mol. The van der Waals surface area contributed by atoms with Crippen molar-refractivity contribution in [2.45, 2.75) is 57.5 Å². The predicted octanol–water partition coefficient (Wildman–Crippen LogP) is 1.96. The lowest BCUT2D eigenvalue weighted by molar-refractivity contribution is -0.202. The van der Waals surface area contributed by atoms with E-state index in [1.807, 2.05) is 0 Å². The first-order valence-corrected chi connectivity index (χ1v) is 9.55. The molecule has 5 nitrogen and oxygen atoms in total. The SMILES string of the molecule is CC(=O)OC12C[C@H]3C[C@@H](C1)CC(C(=O)NC[C@H]1CCN(C)C1)(C3)C2. The standard InChI is InChI=1S/C19H30N2O3/c1-13(22)24-19-8-15-5-16(9-19)7-18(6-15,12-19)17(23)20-10-14-3-4-21(2)11-14/h14-16H,3-12H2,1-2H3,(H,20,23)/t14-,15-,16+,18?,19?/m1/s1. The van der Waals surface area contributed by atoms with Gasteiger partial charge in [0.15, 0.2) is 0 Å². The third-order valence-corrected chi connectivity index (χ3v) is 6.89. The summed E-state index contributed by atoms with van der Waals surface area (Å²) in [5, 5.41) is 3.27. The van der Waals surface area contributed by atoms with Crippen molar-refractivity contribution in [3.8, 4) is 0 Å². The molecule has 5 atom stereocenters. The number of carbonyl (C=O) groups is 2. The van der Waals surface area contributed by atoms with Crippen LogP contribution in [0.4, 0.5) is 0 Å². The Balaban J connectivity index is 1.45. The van der Waals surface area contributed by atoms with E-state index in [2.05, 4.69) is 17.3 Å². The number of likely N-dealkylation sites (tertiary alicyclic amines) is 1. The first-order valence-electron chi connectivity index (χ1n) is 9.55. The molecule has 1 aliphatic heterocycles. The van der Waals surface area contributed by atoms with Gasteiger partial charge >= 0.3 is 5.97 Å². The van der Waals surface area contributed by atoms with Crippen LogP contribution in [-0.4, -0.2) is 49.1 Å². The largest absolute Gasteiger partial charge is 0.459 e. The van der Waals surface area contributed by atoms with Gasteiger partial charge in [-0.1, -0.05) is 0 Å². The second kappa shape index (κ2) is 5.72. The van der Waals surface area contributed by atoms with Gasteiger partial charge in [-0.25, -0.2) is 0 Å². The quantitative estimate of drug-likeness (QED) is 0.799. The van der Waals surface area contributed by atoms with Crippen molar-refractivity contribution in [1.82, 2.24) is 10.2 Å². The zero-order valence-electron chi connectivity index (χ0n) is 15.0. The van der Waals surface area contributed by atoms with Gasteiger partial charge in [0.05, 0.1) is 5.41 Å². The van der Waals surface area contributed by atoms with Gasteiger partial charge in [-0.3, -0.25) is 9.59 Å². The number of hydrogen-bond acceptors (Lipinski definition) is 4. The lowest BCUT2D eigenvalue weighted by atomic mass is 9.47. The van der Waals surface area contributed by atoms with Gasteiger partial charge in [0.25, 0.3) is 0 Å². The Morgan fingerprint density at radius 2 is 1.92 bits per heavy atom. The van der Waals surface area contributed by atoms with Crippen molar-refractivity contribution in [3.63, 3.8) is 0 Å². The molecule has 0 radical (unpaired) electrons. The van der Waals surface area contributed by atoms with Gasteiger partial charge in [0, 0.05) is 26.4 Å². The Labute approximate surface area is 144 Å². The summed E-state index contributed by atoms with van der Waals surface area (Å²) < 4.78 is 5.79. The molecule has 134 valence electrons. The van der Waals surface area contributed by atoms with E-state index in [1.165, 1.54) is 19.8 Å². The smallest absolute Gasteiger partial charge is 0.303 e. The molecule has 1 amide bonds. The number of esters is 1. The zero-order valence-corrected chi connectivity index (χ0v) is 15.0. The van der Waals surface area contributed by atoms with Gasteiger partial charge in [0.2, 0.25) is 5.91 Å². The molecule has 5 aliphatic rings. The number of nitrogens with zero attached hydrogens (tertiary/aromatic N) is 1. The Bertz CT molecular complexity index is 533. The number of nitrogens with one attached hydrogen (secondary N) is 1. The van der Waals surface area contributed by atoms with E-state index < -0.39 is 0 Å². The molecule has 0 spiro atoms. The fourth-order valence-electron chi connectivity index (χ4n) is 6.49. The lowest BCUT2D eigenvalue weighted by Crippen LogP contribution is -2.61. The lowest BCUT2D eigenvalue weighted by Gasteiger charge is -2.60. The van der Waals surface area contributed by atoms with E-state index in [9.17, 15) is 9.59 Å². The van der Waals surface area contributed by atoms with Crippen molar-refractivity contribution in [2.75, 3.05) is 26.7 Å². The molecule has 0 aromatic rings. The van der Waals surface area contributed by atoms with Gasteiger partial charge < -0.3 is 15.0 Å². The zero-order chi connectivity index (χ0) is 16.9. The third-order valence-electron chi connectivity index (χ3n) is 6.89. The Morgan fingerprint density at radius 1 is 1.21 bits per heavy atom. The highest BCUT2D eigenvalue weighted by Gasteiger charge is 2.62. The van der Waals surface area contributed by atoms with Crippen molar-refractivity contribution >= 4 is 11.9 Å². The van der Waals surface area contributed by atoms with Crippen molar-refractivity contribution in [3.05, 3.63) is 0 Å². The molecule has 2 unspecified atom stereocenters. The Hall–Kier alpha value is -1.10. The minimum Gasteiger partial charge on any atom is -0.459 e. The first-order chi connectivity index (χ1) is 11.4. The molecule has 1 saturated heterocycles. The summed E-state index contributed by atoms with van der Waals surface area (Å²) in [4.78, 5) is 27.0. The third kappa shape index (κ3) is 2.85. The molecule has 0 aromatic heterocycles. The summed E-state index contributed by atoms with van der Waals surface area (Å²) in [5.41, 5.74) is -0.648. The van der Waals surface area contributed by atoms with Crippen molar-refractivity contribution in [1.29, 1.82) is 0 Å². The highest BCUT2D eigenvalue weighted by molar-refractivity contribution is 5.83. The van der Waals surface area contributed by atoms with E-state index in [4.69, 9.17) is 4.74 Å². The van der Waals surface area contributed by atoms with Crippen molar-refractivity contribution in [2.24, 2.45) is 23.2 Å². The van der Waals surface area contributed by atoms with Crippen LogP contribution in [0, 0.1) is 23.2 Å². The molecule has 5 heteroatoms. The normalized spacial score (nSPS) is 43.8. The summed E-state index contributed by atoms with van der Waals surface area (Å²) in [6.07, 6.45) is 7.03. The molecule has 1 N–H and O–H groups in total. The molecular formula is C19H30N2O3. The molecule has 0 aromatic carbocycles. The fourth-order valence-corrected chi connectivity index (χ4v) is 6.49. The van der Waals surface area contributed by atoms with Crippen LogP contribution in [0.2, 0.25) is 0 Å². The minimum atomic E-state index is -0.360. The van der Waals surface area contributed by atoms with E-state index in [-0.39, 0.29) is 22.9 Å². The van der Waals surface area contributed by atoms with Crippen LogP contribution in [0.25, 0.3) is 0 Å². The summed E-state index contributed by atoms with van der Waals surface area (Å²) in [6.45, 7) is 4.50. The number of hydrogen-bond donors (Lipinski definition) is 1. The number of carbonyl (C=O) groups excluding carboxylic acids is 2. The van der Waals surface area contributed by atoms with Gasteiger partial charge in [0.1, 0.15) is 5.60 Å². The van der Waals surface area contributed by atoms with Crippen LogP contribution >= 0.6 is 0 Å². The average Bonchev–Trinajstić information content (AvgIpc) is 2.87. The van der Waals surface area contributed by atoms with Gasteiger partial charge in [-0.2, -0.15) is 0 Å².